The van der Waals surface area contributed by atoms with Crippen molar-refractivity contribution < 1.29 is 0 Å². The Kier molecular flexibility index (Phi) is 3.25. The first-order valence-corrected chi connectivity index (χ1v) is 2.80. The molecule has 1 heteroatoms. The van der Waals surface area contributed by atoms with E-state index in [1.54, 1.807) is 6.08 Å². The largest absolute Gasteiger partial charge is 0.324 e. The lowest BCUT2D eigenvalue weighted by molar-refractivity contribution is 0.571. The Morgan fingerprint density at radius 3 is 2.25 bits per heavy atom. The van der Waals surface area contributed by atoms with E-state index < -0.39 is 0 Å². The van der Waals surface area contributed by atoms with Gasteiger partial charge in [-0.1, -0.05) is 20.4 Å². The highest BCUT2D eigenvalue weighted by molar-refractivity contribution is 4.89. The quantitative estimate of drug-likeness (QED) is 0.534. The minimum absolute atomic E-state index is 0.118. The maximum absolute atomic E-state index is 5.57. The summed E-state index contributed by atoms with van der Waals surface area (Å²) in [6, 6.07) is 0.118. The average molecular weight is 111 g/mol. The lowest BCUT2D eigenvalue weighted by atomic mass is 10.1. The van der Waals surface area contributed by atoms with Crippen molar-refractivity contribution >= 4 is 0 Å². The zero-order valence-corrected chi connectivity index (χ0v) is 5.52. The van der Waals surface area contributed by atoms with Crippen LogP contribution in [0.25, 0.3) is 0 Å². The third kappa shape index (κ3) is 2.62. The van der Waals surface area contributed by atoms with Gasteiger partial charge in [-0.2, -0.15) is 0 Å². The van der Waals surface area contributed by atoms with E-state index in [0.29, 0.717) is 5.92 Å². The Labute approximate surface area is 50.9 Å². The lowest BCUT2D eigenvalue weighted by Crippen LogP contribution is -2.22. The Bertz CT molecular complexity index is 99.0. The van der Waals surface area contributed by atoms with Crippen LogP contribution in [0, 0.1) is 5.92 Å². The fourth-order valence-corrected chi connectivity index (χ4v) is 0.329. The summed E-state index contributed by atoms with van der Waals surface area (Å²) < 4.78 is 0. The molecule has 0 aliphatic heterocycles. The normalized spacial score (nSPS) is 13.0. The highest BCUT2D eigenvalue weighted by atomic mass is 14.6. The molecule has 2 N–H and O–H groups in total. The van der Waals surface area contributed by atoms with Crippen molar-refractivity contribution in [3.8, 4) is 0 Å². The molecular weight excluding hydrogens is 98.1 g/mol. The van der Waals surface area contributed by atoms with E-state index in [-0.39, 0.29) is 6.04 Å². The molecule has 0 saturated carbocycles. The summed E-state index contributed by atoms with van der Waals surface area (Å²) in [5, 5.41) is 0. The summed E-state index contributed by atoms with van der Waals surface area (Å²) in [4.78, 5) is 0. The number of hydrogen-bond donors (Lipinski definition) is 1. The zero-order valence-electron chi connectivity index (χ0n) is 5.52. The molecule has 0 amide bonds. The third-order valence-electron chi connectivity index (χ3n) is 1.08. The van der Waals surface area contributed by atoms with E-state index in [1.165, 1.54) is 0 Å². The highest BCUT2D eigenvalue weighted by Crippen LogP contribution is 1.97. The van der Waals surface area contributed by atoms with E-state index >= 15 is 0 Å². The van der Waals surface area contributed by atoms with E-state index in [0.717, 1.165) is 0 Å². The van der Waals surface area contributed by atoms with Crippen LogP contribution in [0.2, 0.25) is 0 Å². The van der Waals surface area contributed by atoms with Crippen LogP contribution in [0.4, 0.5) is 0 Å². The fraction of sp³-hybridized carbons (Fsp3) is 0.571. The molecule has 0 heterocycles. The van der Waals surface area contributed by atoms with Gasteiger partial charge in [0.1, 0.15) is 0 Å². The number of hydrogen-bond acceptors (Lipinski definition) is 1. The maximum atomic E-state index is 5.57. The van der Waals surface area contributed by atoms with Crippen LogP contribution < -0.4 is 5.73 Å². The summed E-state index contributed by atoms with van der Waals surface area (Å²) in [5.74, 6) is 0.490. The summed E-state index contributed by atoms with van der Waals surface area (Å²) in [7, 11) is 0. The zero-order chi connectivity index (χ0) is 6.57. The van der Waals surface area contributed by atoms with Crippen molar-refractivity contribution in [3.05, 3.63) is 18.4 Å². The summed E-state index contributed by atoms with van der Waals surface area (Å²) in [6.45, 7) is 7.56. The standard InChI is InChI=1S/C7H13N/c1-4-5-7(8)6(2)3/h5-7H,1,8H2,2-3H3. The molecule has 46 valence electrons. The van der Waals surface area contributed by atoms with Crippen LogP contribution in [-0.2, 0) is 0 Å². The van der Waals surface area contributed by atoms with Crippen molar-refractivity contribution in [1.82, 2.24) is 0 Å². The molecule has 1 unspecified atom stereocenters. The SMILES string of the molecule is C=C=CC(N)C(C)C. The van der Waals surface area contributed by atoms with Gasteiger partial charge in [0.15, 0.2) is 0 Å². The Morgan fingerprint density at radius 1 is 1.62 bits per heavy atom. The molecule has 0 aromatic carbocycles. The monoisotopic (exact) mass is 111 g/mol. The van der Waals surface area contributed by atoms with Gasteiger partial charge in [0.05, 0.1) is 0 Å². The average Bonchev–Trinajstić information content (AvgIpc) is 1.67. The summed E-state index contributed by atoms with van der Waals surface area (Å²) in [5.41, 5.74) is 8.22. The third-order valence-corrected chi connectivity index (χ3v) is 1.08. The smallest absolute Gasteiger partial charge is 0.0322 e. The van der Waals surface area contributed by atoms with Crippen molar-refractivity contribution in [1.29, 1.82) is 0 Å². The van der Waals surface area contributed by atoms with E-state index in [2.05, 4.69) is 26.2 Å². The van der Waals surface area contributed by atoms with Gasteiger partial charge in [0.25, 0.3) is 0 Å². The molecular formula is C7H13N. The van der Waals surface area contributed by atoms with Gasteiger partial charge < -0.3 is 5.73 Å². The summed E-state index contributed by atoms with van der Waals surface area (Å²) in [6.07, 6.45) is 1.78. The first kappa shape index (κ1) is 7.48. The van der Waals surface area contributed by atoms with E-state index in [9.17, 15) is 0 Å². The molecule has 0 rings (SSSR count). The van der Waals surface area contributed by atoms with Crippen LogP contribution in [0.5, 0.6) is 0 Å². The maximum Gasteiger partial charge on any atom is 0.0322 e. The van der Waals surface area contributed by atoms with Crippen molar-refractivity contribution in [2.45, 2.75) is 19.9 Å². The van der Waals surface area contributed by atoms with Gasteiger partial charge in [-0.15, -0.1) is 5.73 Å². The van der Waals surface area contributed by atoms with Crippen LogP contribution in [0.15, 0.2) is 18.4 Å². The van der Waals surface area contributed by atoms with Crippen molar-refractivity contribution in [2.75, 3.05) is 0 Å². The molecule has 0 bridgehead atoms. The van der Waals surface area contributed by atoms with Gasteiger partial charge >= 0.3 is 0 Å². The van der Waals surface area contributed by atoms with Crippen LogP contribution >= 0.6 is 0 Å². The molecule has 0 saturated heterocycles. The topological polar surface area (TPSA) is 26.0 Å². The predicted octanol–water partition coefficient (Wildman–Crippen LogP) is 1.31. The fourth-order valence-electron chi connectivity index (χ4n) is 0.329. The first-order valence-electron chi connectivity index (χ1n) is 2.80. The molecule has 0 aromatic heterocycles. The van der Waals surface area contributed by atoms with Crippen molar-refractivity contribution in [3.63, 3.8) is 0 Å². The molecule has 0 fully saturated rings. The molecule has 0 aliphatic carbocycles. The molecule has 0 aromatic rings. The molecule has 0 aliphatic rings. The Morgan fingerprint density at radius 2 is 2.12 bits per heavy atom. The molecule has 0 radical (unpaired) electrons. The predicted molar refractivity (Wildman–Crippen MR) is 36.5 cm³/mol. The minimum Gasteiger partial charge on any atom is -0.324 e. The van der Waals surface area contributed by atoms with Gasteiger partial charge in [-0.3, -0.25) is 0 Å². The van der Waals surface area contributed by atoms with Crippen molar-refractivity contribution in [2.24, 2.45) is 11.7 Å². The molecule has 1 atom stereocenters. The lowest BCUT2D eigenvalue weighted by Gasteiger charge is -2.07. The number of nitrogens with two attached hydrogens (primary N) is 1. The van der Waals surface area contributed by atoms with Gasteiger partial charge in [0.2, 0.25) is 0 Å². The van der Waals surface area contributed by atoms with Crippen LogP contribution in [-0.4, -0.2) is 6.04 Å². The Hall–Kier alpha value is -0.520. The van der Waals surface area contributed by atoms with Gasteiger partial charge in [-0.25, -0.2) is 0 Å². The first-order chi connectivity index (χ1) is 3.68. The Balaban J connectivity index is 3.63. The van der Waals surface area contributed by atoms with Crippen LogP contribution in [0.3, 0.4) is 0 Å². The minimum atomic E-state index is 0.118. The molecule has 8 heavy (non-hydrogen) atoms. The molecule has 1 nitrogen and oxygen atoms in total. The van der Waals surface area contributed by atoms with Gasteiger partial charge in [0, 0.05) is 6.04 Å². The number of rotatable bonds is 2. The molecule has 0 spiro atoms. The second-order valence-corrected chi connectivity index (χ2v) is 2.19. The van der Waals surface area contributed by atoms with Gasteiger partial charge in [-0.05, 0) is 12.0 Å². The second kappa shape index (κ2) is 3.48. The highest BCUT2D eigenvalue weighted by Gasteiger charge is 1.99. The van der Waals surface area contributed by atoms with E-state index in [1.807, 2.05) is 0 Å². The second-order valence-electron chi connectivity index (χ2n) is 2.19. The van der Waals surface area contributed by atoms with Crippen LogP contribution in [0.1, 0.15) is 13.8 Å². The summed E-state index contributed by atoms with van der Waals surface area (Å²) >= 11 is 0. The van der Waals surface area contributed by atoms with E-state index in [4.69, 9.17) is 5.73 Å².